The highest BCUT2D eigenvalue weighted by Gasteiger charge is 2.55. The number of aryl methyl sites for hydroxylation is 5. The molecule has 4 atom stereocenters. The van der Waals surface area contributed by atoms with Crippen molar-refractivity contribution in [3.8, 4) is 84.7 Å². The quantitative estimate of drug-likeness (QED) is 0.136. The second kappa shape index (κ2) is 31.4. The first-order valence-corrected chi connectivity index (χ1v) is 44.6. The summed E-state index contributed by atoms with van der Waals surface area (Å²) in [5.74, 6) is 1.19. The van der Waals surface area contributed by atoms with Crippen LogP contribution in [0.2, 0.25) is 0 Å². The van der Waals surface area contributed by atoms with Gasteiger partial charge in [-0.15, -0.1) is 0 Å². The van der Waals surface area contributed by atoms with E-state index >= 15 is 0 Å². The van der Waals surface area contributed by atoms with Crippen LogP contribution in [0, 0.1) is 81.1 Å². The number of hydrogen-bond acceptors (Lipinski definition) is 0. The first kappa shape index (κ1) is 73.2. The topological polar surface area (TPSA) is 44.0 Å². The molecule has 7 aliphatic rings. The van der Waals surface area contributed by atoms with Crippen LogP contribution >= 0.6 is 0 Å². The van der Waals surface area contributed by atoms with Crippen molar-refractivity contribution in [2.75, 3.05) is 0 Å². The predicted molar refractivity (Wildman–Crippen MR) is 499 cm³/mol. The van der Waals surface area contributed by atoms with Crippen LogP contribution in [0.3, 0.4) is 0 Å². The standard InChI is InChI=1S/C25H29N2.C25H23N2.C24H27N2.C20H21N2.C19H19N2/c2*1-18-11-7-10-16-23(18)26-17-27-24(19(26)2)21-14-8-9-15-22(21)25(27,3)20-12-5-4-6-13-20;1-17-10-4-9-15-22(17)25-16-26-23(18(25)2)20-13-7-8-14-21(20)24(26,3)19-11-5-6-12-19;1-14-9-5-8-12-18(14)21-13-22-19(15(21)2)16-10-6-7-11-17(16)20(22,3)4;1-13-8-4-7-11-18(13)20-12-21-14(2)16-9-5-6-10-17(16)19(21)15(20)3/h7-11,14-17,20H,4-6,12-13H2,1-3H3;4-17H,1-3H3;4,7-10,13-16,19H,5-6,11-12H2,1-3H3;5-13H,1-4H3;4-12,14H,1-3H3/q5*+1/i2*17D;16D;13D;12D,14D. The molecule has 11 aromatic carbocycles. The lowest BCUT2D eigenvalue weighted by atomic mass is 9.72. The van der Waals surface area contributed by atoms with E-state index in [1.54, 1.807) is 0 Å². The van der Waals surface area contributed by atoms with Gasteiger partial charge in [-0.2, -0.15) is 22.8 Å². The fraction of sp³-hybridized carbons (Fsp3) is 0.283. The molecule has 2 aliphatic carbocycles. The molecule has 0 amide bonds. The molecule has 10 nitrogen and oxygen atoms in total. The van der Waals surface area contributed by atoms with Crippen LogP contribution in [0.15, 0.2) is 305 Å². The number of rotatable bonds is 8. The van der Waals surface area contributed by atoms with E-state index in [9.17, 15) is 4.11 Å². The van der Waals surface area contributed by atoms with Gasteiger partial charge in [-0.25, -0.2) is 22.8 Å². The summed E-state index contributed by atoms with van der Waals surface area (Å²) in [6.45, 7) is 34.4. The van der Waals surface area contributed by atoms with Gasteiger partial charge >= 0.3 is 0 Å². The highest BCUT2D eigenvalue weighted by Crippen LogP contribution is 2.55. The molecule has 123 heavy (non-hydrogen) atoms. The minimum Gasteiger partial charge on any atom is -0.223 e. The van der Waals surface area contributed by atoms with Gasteiger partial charge in [-0.05, 0) is 160 Å². The summed E-state index contributed by atoms with van der Waals surface area (Å²) in [6.07, 6.45) is 14.2. The number of aromatic nitrogens is 10. The van der Waals surface area contributed by atoms with Gasteiger partial charge in [0, 0.05) is 108 Å². The Labute approximate surface area is 737 Å². The molecule has 16 aromatic rings. The van der Waals surface area contributed by atoms with Gasteiger partial charge in [0.15, 0.2) is 69.3 Å². The third kappa shape index (κ3) is 12.8. The van der Waals surface area contributed by atoms with Gasteiger partial charge in [-0.3, -0.25) is 0 Å². The summed E-state index contributed by atoms with van der Waals surface area (Å²) < 4.78 is 75.4. The molecule has 10 heterocycles. The van der Waals surface area contributed by atoms with Crippen LogP contribution in [0.5, 0.6) is 0 Å². The fourth-order valence-electron chi connectivity index (χ4n) is 22.1. The van der Waals surface area contributed by atoms with E-state index in [1.165, 1.54) is 159 Å². The summed E-state index contributed by atoms with van der Waals surface area (Å²) in [5, 5.41) is 0. The van der Waals surface area contributed by atoms with Crippen LogP contribution in [0.1, 0.15) is 203 Å². The maximum absolute atomic E-state index is 9.26. The van der Waals surface area contributed by atoms with Crippen LogP contribution in [-0.4, -0.2) is 22.8 Å². The summed E-state index contributed by atoms with van der Waals surface area (Å²) >= 11 is 0. The number of imidazole rings is 5. The molecule has 0 N–H and O–H groups in total. The van der Waals surface area contributed by atoms with Crippen LogP contribution in [-0.2, 0) is 22.2 Å². The molecule has 2 saturated carbocycles. The summed E-state index contributed by atoms with van der Waals surface area (Å²) in [7, 11) is 0. The number of para-hydroxylation sites is 5. The molecule has 0 bridgehead atoms. The maximum atomic E-state index is 9.26. The second-order valence-corrected chi connectivity index (χ2v) is 36.4. The summed E-state index contributed by atoms with van der Waals surface area (Å²) in [5.41, 5.74) is 35.4. The first-order chi connectivity index (χ1) is 62.0. The van der Waals surface area contributed by atoms with E-state index in [4.69, 9.17) is 4.11 Å². The lowest BCUT2D eigenvalue weighted by Gasteiger charge is -2.35. The summed E-state index contributed by atoms with van der Waals surface area (Å²) in [4.78, 5) is 0. The van der Waals surface area contributed by atoms with Crippen molar-refractivity contribution < 1.29 is 31.1 Å². The zero-order chi connectivity index (χ0) is 90.4. The SMILES string of the molecule is [2H]c1n2c(c(C)[n+]1-c1ccccc1C)-c1ccccc1C2(C)C.[2H]c1n2c(c(C)[n+]1-c1ccccc1C)-c1ccccc1C2(C)C1CCCC1.[2H]c1n2c(c(C)[n+]1-c1ccccc1C)-c1ccccc1C2(C)C1CCCCC1.[2H]c1n2c(c(C)[n+]1-c1ccccc1C)-c1ccccc1C2(C)c1ccccc1.[2H]c1n2c(c(C)[n+]1-c1ccccc1C)-c1ccccc1C2([2H])C. The van der Waals surface area contributed by atoms with Gasteiger partial charge in [0.25, 0.3) is 6.30 Å². The Morgan fingerprint density at radius 1 is 0.285 bits per heavy atom. The number of nitrogens with zero attached hydrogens (tertiary/aromatic N) is 10. The zero-order valence-electron chi connectivity index (χ0n) is 80.5. The average molecular weight is 1620 g/mol. The molecular formula is C113H119N10+5. The largest absolute Gasteiger partial charge is 0.250 e. The van der Waals surface area contributed by atoms with Crippen molar-refractivity contribution >= 4 is 0 Å². The normalized spacial score (nSPS) is 19.9. The summed E-state index contributed by atoms with van der Waals surface area (Å²) in [6, 6.07) is 93.9. The minimum absolute atomic E-state index is 0.127. The van der Waals surface area contributed by atoms with Crippen molar-refractivity contribution in [3.63, 3.8) is 0 Å². The Morgan fingerprint density at radius 3 is 0.984 bits per heavy atom. The van der Waals surface area contributed by atoms with Gasteiger partial charge in [-0.1, -0.05) is 275 Å². The molecule has 4 unspecified atom stereocenters. The van der Waals surface area contributed by atoms with E-state index in [1.807, 2.05) is 89.7 Å². The Morgan fingerprint density at radius 2 is 0.569 bits per heavy atom. The molecule has 23 rings (SSSR count). The lowest BCUT2D eigenvalue weighted by molar-refractivity contribution is -0.602. The maximum Gasteiger partial charge on any atom is 0.250 e. The van der Waals surface area contributed by atoms with E-state index in [-0.39, 0.29) is 16.6 Å². The minimum atomic E-state index is -0.957. The molecule has 0 radical (unpaired) electrons. The van der Waals surface area contributed by atoms with Crippen molar-refractivity contribution in [2.24, 2.45) is 11.8 Å². The van der Waals surface area contributed by atoms with Crippen molar-refractivity contribution in [1.29, 1.82) is 0 Å². The molecular weight excluding hydrogens is 1500 g/mol. The van der Waals surface area contributed by atoms with Crippen LogP contribution in [0.25, 0.3) is 84.7 Å². The molecule has 0 spiro atoms. The van der Waals surface area contributed by atoms with Crippen molar-refractivity contribution in [2.45, 2.75) is 197 Å². The Balaban J connectivity index is 0.000000105. The third-order valence-electron chi connectivity index (χ3n) is 29.0. The van der Waals surface area contributed by atoms with E-state index in [0.29, 0.717) is 43.4 Å². The Kier molecular flexibility index (Phi) is 18.7. The first-order valence-electron chi connectivity index (χ1n) is 47.6. The predicted octanol–water partition coefficient (Wildman–Crippen LogP) is 24.3. The molecule has 0 saturated heterocycles. The van der Waals surface area contributed by atoms with Gasteiger partial charge < -0.3 is 0 Å². The van der Waals surface area contributed by atoms with Gasteiger partial charge in [0.2, 0.25) is 25.2 Å². The smallest absolute Gasteiger partial charge is 0.223 e. The van der Waals surface area contributed by atoms with E-state index < -0.39 is 11.6 Å². The molecule has 616 valence electrons. The lowest BCUT2D eigenvalue weighted by Crippen LogP contribution is -2.40. The molecule has 5 aromatic heterocycles. The monoisotopic (exact) mass is 1620 g/mol. The van der Waals surface area contributed by atoms with Crippen LogP contribution in [0.4, 0.5) is 0 Å². The Hall–Kier alpha value is -12.5. The van der Waals surface area contributed by atoms with Crippen molar-refractivity contribution in [3.05, 3.63) is 394 Å². The van der Waals surface area contributed by atoms with Crippen molar-refractivity contribution in [1.82, 2.24) is 22.8 Å². The number of benzene rings is 11. The van der Waals surface area contributed by atoms with Gasteiger partial charge in [0.1, 0.15) is 51.1 Å². The van der Waals surface area contributed by atoms with Crippen LogP contribution < -0.4 is 22.8 Å². The average Bonchev–Trinajstić information content (AvgIpc) is 1.51. The fourth-order valence-corrected chi connectivity index (χ4v) is 22.1. The van der Waals surface area contributed by atoms with E-state index in [0.717, 1.165) is 73.6 Å². The highest BCUT2D eigenvalue weighted by molar-refractivity contribution is 5.77. The molecule has 2 fully saturated rings. The number of hydrogen-bond donors (Lipinski definition) is 0. The van der Waals surface area contributed by atoms with E-state index in [2.05, 4.69) is 340 Å². The number of fused-ring (bicyclic) bond motifs is 15. The third-order valence-corrected chi connectivity index (χ3v) is 29.0. The van der Waals surface area contributed by atoms with Gasteiger partial charge in [0.05, 0.1) is 1.37 Å². The Bertz CT molecular complexity index is 6980. The highest BCUT2D eigenvalue weighted by atomic mass is 15.2. The zero-order valence-corrected chi connectivity index (χ0v) is 74.5. The second-order valence-electron chi connectivity index (χ2n) is 36.4. The molecule has 5 aliphatic heterocycles. The molecule has 10 heteroatoms.